The van der Waals surface area contributed by atoms with Gasteiger partial charge in [0.15, 0.2) is 0 Å². The number of fused-ring (bicyclic) bond motifs is 1. The molecule has 28 heavy (non-hydrogen) atoms. The Morgan fingerprint density at radius 2 is 1.75 bits per heavy atom. The molecule has 0 bridgehead atoms. The second kappa shape index (κ2) is 6.97. The van der Waals surface area contributed by atoms with Crippen molar-refractivity contribution in [2.75, 3.05) is 0 Å². The molecule has 2 aromatic carbocycles. The van der Waals surface area contributed by atoms with Crippen molar-refractivity contribution in [3.05, 3.63) is 58.7 Å². The first-order valence-corrected chi connectivity index (χ1v) is 9.44. The van der Waals surface area contributed by atoms with Crippen molar-refractivity contribution in [2.45, 2.75) is 58.5 Å². The molecule has 0 aromatic heterocycles. The largest absolute Gasteiger partial charge is 0.488 e. The van der Waals surface area contributed by atoms with E-state index in [1.54, 1.807) is 0 Å². The van der Waals surface area contributed by atoms with E-state index in [4.69, 9.17) is 14.6 Å². The normalized spacial score (nSPS) is 16.6. The third kappa shape index (κ3) is 3.88. The number of carbonyl (C=O) groups is 2. The third-order valence-corrected chi connectivity index (χ3v) is 5.10. The maximum atomic E-state index is 12.9. The Morgan fingerprint density at radius 3 is 2.32 bits per heavy atom. The fraction of sp³-hybridized carbons (Fsp3) is 0.391. The number of hydrogen-bond donors (Lipinski definition) is 1. The number of carboxylic acid groups (broad SMARTS) is 1. The second-order valence-corrected chi connectivity index (χ2v) is 8.50. The van der Waals surface area contributed by atoms with Gasteiger partial charge in [0.25, 0.3) is 0 Å². The van der Waals surface area contributed by atoms with Crippen LogP contribution in [0, 0.1) is 0 Å². The van der Waals surface area contributed by atoms with E-state index >= 15 is 0 Å². The van der Waals surface area contributed by atoms with Crippen molar-refractivity contribution >= 4 is 11.9 Å². The van der Waals surface area contributed by atoms with E-state index in [9.17, 15) is 9.59 Å². The summed E-state index contributed by atoms with van der Waals surface area (Å²) in [5.74, 6) is -0.346. The molecule has 0 amide bonds. The zero-order chi connectivity index (χ0) is 20.7. The Morgan fingerprint density at radius 1 is 1.11 bits per heavy atom. The molecule has 1 heterocycles. The average molecular weight is 382 g/mol. The SMILES string of the molecule is CCc1cc2c(cc1C(=O)Oc1ccc(C(=O)O)cc1)C(C)(C)CC(C)(C)O2. The van der Waals surface area contributed by atoms with E-state index in [1.807, 2.05) is 19.1 Å². The number of carboxylic acids is 1. The quantitative estimate of drug-likeness (QED) is 0.595. The van der Waals surface area contributed by atoms with Gasteiger partial charge in [-0.15, -0.1) is 0 Å². The first kappa shape index (κ1) is 19.9. The topological polar surface area (TPSA) is 72.8 Å². The predicted molar refractivity (Wildman–Crippen MR) is 107 cm³/mol. The molecule has 1 aliphatic heterocycles. The Hall–Kier alpha value is -2.82. The molecule has 5 nitrogen and oxygen atoms in total. The number of esters is 1. The maximum absolute atomic E-state index is 12.9. The van der Waals surface area contributed by atoms with Crippen LogP contribution in [0.4, 0.5) is 0 Å². The lowest BCUT2D eigenvalue weighted by atomic mass is 9.73. The molecule has 0 atom stereocenters. The van der Waals surface area contributed by atoms with Gasteiger partial charge in [-0.05, 0) is 74.1 Å². The van der Waals surface area contributed by atoms with Crippen LogP contribution in [0.2, 0.25) is 0 Å². The van der Waals surface area contributed by atoms with Crippen LogP contribution in [0.5, 0.6) is 11.5 Å². The minimum Gasteiger partial charge on any atom is -0.488 e. The lowest BCUT2D eigenvalue weighted by molar-refractivity contribution is 0.0531. The molecule has 0 aliphatic carbocycles. The zero-order valence-corrected chi connectivity index (χ0v) is 17.0. The van der Waals surface area contributed by atoms with Gasteiger partial charge in [0.1, 0.15) is 17.1 Å². The highest BCUT2D eigenvalue weighted by atomic mass is 16.5. The highest BCUT2D eigenvalue weighted by Gasteiger charge is 2.39. The summed E-state index contributed by atoms with van der Waals surface area (Å²) in [6.07, 6.45) is 1.50. The Labute approximate surface area is 165 Å². The number of benzene rings is 2. The van der Waals surface area contributed by atoms with Crippen molar-refractivity contribution < 1.29 is 24.2 Å². The number of carbonyl (C=O) groups excluding carboxylic acids is 1. The first-order chi connectivity index (χ1) is 13.0. The molecule has 5 heteroatoms. The molecule has 0 spiro atoms. The minimum absolute atomic E-state index is 0.137. The summed E-state index contributed by atoms with van der Waals surface area (Å²) in [5, 5.41) is 8.98. The Kier molecular flexibility index (Phi) is 4.96. The molecule has 3 rings (SSSR count). The van der Waals surface area contributed by atoms with Gasteiger partial charge in [-0.1, -0.05) is 20.8 Å². The predicted octanol–water partition coefficient (Wildman–Crippen LogP) is 5.01. The summed E-state index contributed by atoms with van der Waals surface area (Å²) < 4.78 is 11.7. The van der Waals surface area contributed by atoms with Crippen LogP contribution in [0.15, 0.2) is 36.4 Å². The van der Waals surface area contributed by atoms with Crippen LogP contribution in [-0.4, -0.2) is 22.6 Å². The van der Waals surface area contributed by atoms with Gasteiger partial charge in [-0.25, -0.2) is 9.59 Å². The Bertz CT molecular complexity index is 923. The molecule has 0 radical (unpaired) electrons. The number of hydrogen-bond acceptors (Lipinski definition) is 4. The molecular weight excluding hydrogens is 356 g/mol. The summed E-state index contributed by atoms with van der Waals surface area (Å²) in [6, 6.07) is 9.64. The summed E-state index contributed by atoms with van der Waals surface area (Å²) in [4.78, 5) is 23.8. The molecule has 0 saturated carbocycles. The van der Waals surface area contributed by atoms with Gasteiger partial charge in [0.2, 0.25) is 0 Å². The Balaban J connectivity index is 1.95. The van der Waals surface area contributed by atoms with Gasteiger partial charge in [0, 0.05) is 5.56 Å². The van der Waals surface area contributed by atoms with E-state index in [0.717, 1.165) is 23.3 Å². The van der Waals surface area contributed by atoms with Gasteiger partial charge in [-0.2, -0.15) is 0 Å². The molecule has 1 aliphatic rings. The third-order valence-electron chi connectivity index (χ3n) is 5.10. The molecule has 0 unspecified atom stereocenters. The van der Waals surface area contributed by atoms with Crippen molar-refractivity contribution in [1.29, 1.82) is 0 Å². The molecule has 148 valence electrons. The number of aromatic carboxylic acids is 1. The summed E-state index contributed by atoms with van der Waals surface area (Å²) in [6.45, 7) is 10.4. The number of rotatable bonds is 4. The van der Waals surface area contributed by atoms with Gasteiger partial charge < -0.3 is 14.6 Å². The van der Waals surface area contributed by atoms with Gasteiger partial charge >= 0.3 is 11.9 Å². The van der Waals surface area contributed by atoms with Gasteiger partial charge in [0.05, 0.1) is 11.1 Å². The zero-order valence-electron chi connectivity index (χ0n) is 17.0. The molecule has 0 saturated heterocycles. The monoisotopic (exact) mass is 382 g/mol. The van der Waals surface area contributed by atoms with Gasteiger partial charge in [-0.3, -0.25) is 0 Å². The summed E-state index contributed by atoms with van der Waals surface area (Å²) >= 11 is 0. The summed E-state index contributed by atoms with van der Waals surface area (Å²) in [7, 11) is 0. The number of aryl methyl sites for hydroxylation is 1. The van der Waals surface area contributed by atoms with E-state index in [2.05, 4.69) is 27.7 Å². The van der Waals surface area contributed by atoms with Crippen LogP contribution in [-0.2, 0) is 11.8 Å². The van der Waals surface area contributed by atoms with E-state index in [1.165, 1.54) is 24.3 Å². The van der Waals surface area contributed by atoms with E-state index in [0.29, 0.717) is 17.7 Å². The smallest absolute Gasteiger partial charge is 0.343 e. The van der Waals surface area contributed by atoms with Crippen molar-refractivity contribution in [3.8, 4) is 11.5 Å². The molecule has 1 N–H and O–H groups in total. The molecule has 0 fully saturated rings. The van der Waals surface area contributed by atoms with E-state index < -0.39 is 11.9 Å². The number of ether oxygens (including phenoxy) is 2. The molecule has 2 aromatic rings. The van der Waals surface area contributed by atoms with Crippen molar-refractivity contribution in [1.82, 2.24) is 0 Å². The van der Waals surface area contributed by atoms with Crippen LogP contribution in [0.1, 0.15) is 72.9 Å². The molecular formula is C23H26O5. The standard InChI is InChI=1S/C23H26O5/c1-6-14-11-19-18(22(2,3)13-23(4,5)28-19)12-17(14)21(26)27-16-9-7-15(8-10-16)20(24)25/h7-12H,6,13H2,1-5H3,(H,24,25). The second-order valence-electron chi connectivity index (χ2n) is 8.50. The minimum atomic E-state index is -1.02. The highest BCUT2D eigenvalue weighted by molar-refractivity contribution is 5.93. The van der Waals surface area contributed by atoms with Crippen LogP contribution in [0.3, 0.4) is 0 Å². The first-order valence-electron chi connectivity index (χ1n) is 9.44. The van der Waals surface area contributed by atoms with Crippen LogP contribution < -0.4 is 9.47 Å². The van der Waals surface area contributed by atoms with E-state index in [-0.39, 0.29) is 16.6 Å². The maximum Gasteiger partial charge on any atom is 0.343 e. The van der Waals surface area contributed by atoms with Crippen LogP contribution >= 0.6 is 0 Å². The lowest BCUT2D eigenvalue weighted by Gasteiger charge is -2.42. The summed E-state index contributed by atoms with van der Waals surface area (Å²) in [5.41, 5.74) is 2.11. The van der Waals surface area contributed by atoms with Crippen molar-refractivity contribution in [3.63, 3.8) is 0 Å². The highest BCUT2D eigenvalue weighted by Crippen LogP contribution is 2.45. The van der Waals surface area contributed by atoms with Crippen LogP contribution in [0.25, 0.3) is 0 Å². The van der Waals surface area contributed by atoms with Crippen molar-refractivity contribution in [2.24, 2.45) is 0 Å². The lowest BCUT2D eigenvalue weighted by Crippen LogP contribution is -2.41. The fourth-order valence-electron chi connectivity index (χ4n) is 4.04. The fourth-order valence-corrected chi connectivity index (χ4v) is 4.04. The average Bonchev–Trinajstić information content (AvgIpc) is 2.59.